The van der Waals surface area contributed by atoms with Crippen LogP contribution in [0.1, 0.15) is 31.0 Å². The van der Waals surface area contributed by atoms with Crippen molar-refractivity contribution in [3.05, 3.63) is 84.1 Å². The molecular weight excluding hydrogens is 378 g/mol. The third kappa shape index (κ3) is 4.21. The van der Waals surface area contributed by atoms with Crippen molar-refractivity contribution in [1.29, 1.82) is 0 Å². The molecule has 0 spiro atoms. The Balaban J connectivity index is 1.61. The normalized spacial score (nSPS) is 12.0. The number of nitrogens with two attached hydrogens (primary N) is 1. The number of hydrogen-bond donors (Lipinski definition) is 1. The molecule has 3 aromatic carbocycles. The van der Waals surface area contributed by atoms with Gasteiger partial charge >= 0.3 is 5.97 Å². The zero-order valence-electron chi connectivity index (χ0n) is 16.9. The standard InChI is InChI=1S/C25H23NO4/c1-16(26)18-6-5-7-19(12-18)20-10-11-23-22(13-20)21(14-28-23)15-29-24-8-3-4-9-25(24)30-17(2)27/h3-14,16H,15,26H2,1-2H3. The molecule has 0 saturated heterocycles. The molecule has 5 heteroatoms. The zero-order chi connectivity index (χ0) is 21.1. The molecule has 0 saturated carbocycles. The monoisotopic (exact) mass is 401 g/mol. The van der Waals surface area contributed by atoms with Crippen LogP contribution in [0.4, 0.5) is 0 Å². The zero-order valence-corrected chi connectivity index (χ0v) is 16.9. The molecule has 1 heterocycles. The van der Waals surface area contributed by atoms with Crippen LogP contribution in [0, 0.1) is 0 Å². The first-order valence-electron chi connectivity index (χ1n) is 9.77. The van der Waals surface area contributed by atoms with E-state index in [9.17, 15) is 4.79 Å². The minimum Gasteiger partial charge on any atom is -0.485 e. The molecule has 2 N–H and O–H groups in total. The van der Waals surface area contributed by atoms with Crippen LogP contribution in [0.3, 0.4) is 0 Å². The number of carbonyl (C=O) groups excluding carboxylic acids is 1. The van der Waals surface area contributed by atoms with Crippen molar-refractivity contribution in [2.24, 2.45) is 5.73 Å². The summed E-state index contributed by atoms with van der Waals surface area (Å²) in [6.07, 6.45) is 1.70. The van der Waals surface area contributed by atoms with E-state index in [1.807, 2.05) is 37.3 Å². The highest BCUT2D eigenvalue weighted by Crippen LogP contribution is 2.31. The summed E-state index contributed by atoms with van der Waals surface area (Å²) >= 11 is 0. The van der Waals surface area contributed by atoms with Crippen molar-refractivity contribution < 1.29 is 18.7 Å². The first kappa shape index (κ1) is 19.7. The van der Waals surface area contributed by atoms with Gasteiger partial charge in [0.1, 0.15) is 12.2 Å². The molecule has 0 bridgehead atoms. The van der Waals surface area contributed by atoms with Gasteiger partial charge in [0.25, 0.3) is 0 Å². The lowest BCUT2D eigenvalue weighted by molar-refractivity contribution is -0.132. The molecule has 0 aliphatic rings. The number of ether oxygens (including phenoxy) is 2. The Kier molecular flexibility index (Phi) is 5.55. The number of carbonyl (C=O) groups is 1. The van der Waals surface area contributed by atoms with E-state index in [-0.39, 0.29) is 12.6 Å². The third-order valence-electron chi connectivity index (χ3n) is 4.89. The SMILES string of the molecule is CC(=O)Oc1ccccc1OCc1coc2ccc(-c3cccc(C(C)N)c3)cc12. The molecule has 152 valence electrons. The highest BCUT2D eigenvalue weighted by Gasteiger charge is 2.12. The fraction of sp³-hybridized carbons (Fsp3) is 0.160. The molecule has 4 rings (SSSR count). The fourth-order valence-corrected chi connectivity index (χ4v) is 3.34. The molecule has 4 aromatic rings. The second kappa shape index (κ2) is 8.43. The molecule has 5 nitrogen and oxygen atoms in total. The fourth-order valence-electron chi connectivity index (χ4n) is 3.34. The summed E-state index contributed by atoms with van der Waals surface area (Å²) in [4.78, 5) is 11.3. The van der Waals surface area contributed by atoms with Crippen LogP contribution in [0.2, 0.25) is 0 Å². The maximum atomic E-state index is 11.3. The number of furan rings is 1. The summed E-state index contributed by atoms with van der Waals surface area (Å²) in [6.45, 7) is 3.62. The van der Waals surface area contributed by atoms with Crippen LogP contribution in [0.25, 0.3) is 22.1 Å². The second-order valence-corrected chi connectivity index (χ2v) is 7.22. The summed E-state index contributed by atoms with van der Waals surface area (Å²) in [5.74, 6) is 0.507. The predicted octanol–water partition coefficient (Wildman–Crippen LogP) is 5.62. The lowest BCUT2D eigenvalue weighted by Crippen LogP contribution is -2.04. The first-order valence-corrected chi connectivity index (χ1v) is 9.77. The summed E-state index contributed by atoms with van der Waals surface area (Å²) in [7, 11) is 0. The first-order chi connectivity index (χ1) is 14.5. The van der Waals surface area contributed by atoms with Crippen LogP contribution in [-0.4, -0.2) is 5.97 Å². The van der Waals surface area contributed by atoms with Gasteiger partial charge in [-0.05, 0) is 53.9 Å². The van der Waals surface area contributed by atoms with Crippen molar-refractivity contribution in [3.8, 4) is 22.6 Å². The molecule has 1 aromatic heterocycles. The Morgan fingerprint density at radius 2 is 1.77 bits per heavy atom. The summed E-state index contributed by atoms with van der Waals surface area (Å²) < 4.78 is 16.8. The molecule has 1 unspecified atom stereocenters. The van der Waals surface area contributed by atoms with Gasteiger partial charge in [0.05, 0.1) is 6.26 Å². The van der Waals surface area contributed by atoms with Gasteiger partial charge in [-0.1, -0.05) is 36.4 Å². The van der Waals surface area contributed by atoms with Crippen LogP contribution in [0.5, 0.6) is 11.5 Å². The molecular formula is C25H23NO4. The Morgan fingerprint density at radius 3 is 2.53 bits per heavy atom. The summed E-state index contributed by atoms with van der Waals surface area (Å²) in [5, 5.41) is 0.976. The van der Waals surface area contributed by atoms with E-state index in [1.165, 1.54) is 6.92 Å². The van der Waals surface area contributed by atoms with Crippen LogP contribution in [-0.2, 0) is 11.4 Å². The average molecular weight is 401 g/mol. The number of benzene rings is 3. The summed E-state index contributed by atoms with van der Waals surface area (Å²) in [5.41, 5.74) is 11.0. The van der Waals surface area contributed by atoms with E-state index in [4.69, 9.17) is 19.6 Å². The van der Waals surface area contributed by atoms with Crippen molar-refractivity contribution in [1.82, 2.24) is 0 Å². The minimum absolute atomic E-state index is 0.0242. The van der Waals surface area contributed by atoms with E-state index in [0.717, 1.165) is 33.2 Å². The highest BCUT2D eigenvalue weighted by molar-refractivity contribution is 5.86. The molecule has 30 heavy (non-hydrogen) atoms. The van der Waals surface area contributed by atoms with E-state index in [2.05, 4.69) is 18.2 Å². The van der Waals surface area contributed by atoms with Crippen LogP contribution < -0.4 is 15.2 Å². The van der Waals surface area contributed by atoms with Gasteiger partial charge in [-0.3, -0.25) is 4.79 Å². The van der Waals surface area contributed by atoms with Crippen LogP contribution >= 0.6 is 0 Å². The minimum atomic E-state index is -0.390. The molecule has 0 aliphatic heterocycles. The topological polar surface area (TPSA) is 74.7 Å². The number of rotatable bonds is 6. The number of hydrogen-bond acceptors (Lipinski definition) is 5. The Morgan fingerprint density at radius 1 is 1.00 bits per heavy atom. The van der Waals surface area contributed by atoms with Gasteiger partial charge in [0.2, 0.25) is 0 Å². The van der Waals surface area contributed by atoms with Crippen molar-refractivity contribution in [2.75, 3.05) is 0 Å². The van der Waals surface area contributed by atoms with Gasteiger partial charge in [-0.25, -0.2) is 0 Å². The van der Waals surface area contributed by atoms with Gasteiger partial charge in [-0.2, -0.15) is 0 Å². The number of esters is 1. The van der Waals surface area contributed by atoms with E-state index < -0.39 is 5.97 Å². The van der Waals surface area contributed by atoms with Gasteiger partial charge in [0, 0.05) is 23.9 Å². The molecule has 0 amide bonds. The van der Waals surface area contributed by atoms with Crippen LogP contribution in [0.15, 0.2) is 77.4 Å². The lowest BCUT2D eigenvalue weighted by atomic mass is 9.99. The average Bonchev–Trinajstić information content (AvgIpc) is 3.15. The van der Waals surface area contributed by atoms with Crippen molar-refractivity contribution >= 4 is 16.9 Å². The highest BCUT2D eigenvalue weighted by atomic mass is 16.6. The van der Waals surface area contributed by atoms with Gasteiger partial charge < -0.3 is 19.6 Å². The predicted molar refractivity (Wildman–Crippen MR) is 116 cm³/mol. The largest absolute Gasteiger partial charge is 0.485 e. The van der Waals surface area contributed by atoms with Gasteiger partial charge in [0.15, 0.2) is 11.5 Å². The molecule has 0 fully saturated rings. The number of para-hydroxylation sites is 2. The maximum Gasteiger partial charge on any atom is 0.308 e. The Labute approximate surface area is 175 Å². The second-order valence-electron chi connectivity index (χ2n) is 7.22. The smallest absolute Gasteiger partial charge is 0.308 e. The lowest BCUT2D eigenvalue weighted by Gasteiger charge is -2.10. The quantitative estimate of drug-likeness (QED) is 0.335. The maximum absolute atomic E-state index is 11.3. The molecule has 1 atom stereocenters. The Bertz CT molecular complexity index is 1190. The molecule has 0 aliphatic carbocycles. The van der Waals surface area contributed by atoms with Gasteiger partial charge in [-0.15, -0.1) is 0 Å². The van der Waals surface area contributed by atoms with Crippen molar-refractivity contribution in [2.45, 2.75) is 26.5 Å². The van der Waals surface area contributed by atoms with E-state index in [1.54, 1.807) is 24.5 Å². The van der Waals surface area contributed by atoms with E-state index in [0.29, 0.717) is 11.5 Å². The summed E-state index contributed by atoms with van der Waals surface area (Å²) in [6, 6.07) is 21.4. The van der Waals surface area contributed by atoms with Crippen molar-refractivity contribution in [3.63, 3.8) is 0 Å². The third-order valence-corrected chi connectivity index (χ3v) is 4.89. The number of fused-ring (bicyclic) bond motifs is 1. The molecule has 0 radical (unpaired) electrons. The Hall–Kier alpha value is -3.57. The van der Waals surface area contributed by atoms with E-state index >= 15 is 0 Å².